The number of aromatic nitrogens is 1. The highest BCUT2D eigenvalue weighted by atomic mass is 79.9. The second kappa shape index (κ2) is 7.97. The van der Waals surface area contributed by atoms with Gasteiger partial charge < -0.3 is 11.1 Å². The minimum absolute atomic E-state index is 0.138. The molecule has 1 aromatic heterocycles. The van der Waals surface area contributed by atoms with Crippen LogP contribution in [0, 0.1) is 0 Å². The fourth-order valence-corrected chi connectivity index (χ4v) is 4.42. The van der Waals surface area contributed by atoms with E-state index in [1.165, 1.54) is 11.3 Å². The first-order valence-corrected chi connectivity index (χ1v) is 9.85. The van der Waals surface area contributed by atoms with Gasteiger partial charge in [0.15, 0.2) is 5.13 Å². The molecule has 0 aliphatic rings. The number of benzene rings is 2. The van der Waals surface area contributed by atoms with Gasteiger partial charge in [-0.1, -0.05) is 52.4 Å². The van der Waals surface area contributed by atoms with Crippen molar-refractivity contribution in [2.24, 2.45) is 5.73 Å². The van der Waals surface area contributed by atoms with E-state index in [0.29, 0.717) is 17.1 Å². The summed E-state index contributed by atoms with van der Waals surface area (Å²) in [6, 6.07) is 11.1. The first-order valence-electron chi connectivity index (χ1n) is 8.24. The lowest BCUT2D eigenvalue weighted by Crippen LogP contribution is -2.16. The van der Waals surface area contributed by atoms with Crippen LogP contribution in [0.25, 0.3) is 10.2 Å². The molecule has 3 rings (SSSR count). The van der Waals surface area contributed by atoms with Crippen LogP contribution in [0.2, 0.25) is 0 Å². The van der Waals surface area contributed by atoms with Gasteiger partial charge in [0.1, 0.15) is 0 Å². The topological polar surface area (TPSA) is 85.1 Å². The molecule has 0 fully saturated rings. The van der Waals surface area contributed by atoms with Crippen LogP contribution in [0.15, 0.2) is 40.9 Å². The van der Waals surface area contributed by atoms with Gasteiger partial charge in [0.2, 0.25) is 11.8 Å². The Balaban J connectivity index is 1.71. The number of amides is 2. The van der Waals surface area contributed by atoms with E-state index in [2.05, 4.69) is 39.2 Å². The summed E-state index contributed by atoms with van der Waals surface area (Å²) in [7, 11) is 0. The number of halogens is 1. The molecule has 1 heterocycles. The normalized spacial score (nSPS) is 10.8. The number of fused-ring (bicyclic) bond motifs is 1. The fraction of sp³-hybridized carbons (Fsp3) is 0.211. The van der Waals surface area contributed by atoms with Crippen molar-refractivity contribution in [1.82, 2.24) is 4.98 Å². The predicted octanol–water partition coefficient (Wildman–Crippen LogP) is 4.29. The van der Waals surface area contributed by atoms with E-state index in [9.17, 15) is 9.59 Å². The second-order valence-electron chi connectivity index (χ2n) is 5.85. The van der Waals surface area contributed by atoms with Gasteiger partial charge in [-0.2, -0.15) is 0 Å². The molecule has 0 radical (unpaired) electrons. The number of thiazole rings is 1. The molecule has 7 heteroatoms. The lowest BCUT2D eigenvalue weighted by Gasteiger charge is -2.06. The van der Waals surface area contributed by atoms with Crippen molar-refractivity contribution in [3.05, 3.63) is 57.6 Å². The number of aryl methyl sites for hydroxylation is 2. The van der Waals surface area contributed by atoms with Gasteiger partial charge in [0.25, 0.3) is 0 Å². The zero-order chi connectivity index (χ0) is 18.7. The van der Waals surface area contributed by atoms with Crippen LogP contribution in [0.4, 0.5) is 5.13 Å². The van der Waals surface area contributed by atoms with Crippen molar-refractivity contribution < 1.29 is 9.59 Å². The summed E-state index contributed by atoms with van der Waals surface area (Å²) in [5.74, 6) is -0.620. The van der Waals surface area contributed by atoms with Crippen molar-refractivity contribution >= 4 is 54.4 Å². The summed E-state index contributed by atoms with van der Waals surface area (Å²) in [5, 5.41) is 3.44. The number of rotatable bonds is 6. The monoisotopic (exact) mass is 431 g/mol. The third-order valence-corrected chi connectivity index (χ3v) is 5.45. The number of hydrogen-bond acceptors (Lipinski definition) is 4. The third kappa shape index (κ3) is 4.11. The maximum Gasteiger partial charge on any atom is 0.248 e. The number of hydrogen-bond donors (Lipinski definition) is 2. The van der Waals surface area contributed by atoms with Gasteiger partial charge >= 0.3 is 0 Å². The van der Waals surface area contributed by atoms with Crippen LogP contribution in [0.1, 0.15) is 34.8 Å². The second-order valence-corrected chi connectivity index (χ2v) is 7.80. The smallest absolute Gasteiger partial charge is 0.248 e. The molecule has 0 saturated carbocycles. The zero-order valence-electron chi connectivity index (χ0n) is 14.2. The van der Waals surface area contributed by atoms with Crippen LogP contribution in [-0.4, -0.2) is 16.8 Å². The maximum atomic E-state index is 12.3. The molecule has 134 valence electrons. The van der Waals surface area contributed by atoms with E-state index in [-0.39, 0.29) is 12.3 Å². The molecular formula is C19H18BrN3O2S. The van der Waals surface area contributed by atoms with E-state index >= 15 is 0 Å². The van der Waals surface area contributed by atoms with Crippen molar-refractivity contribution in [2.45, 2.75) is 26.2 Å². The van der Waals surface area contributed by atoms with Crippen LogP contribution in [0.3, 0.4) is 0 Å². The van der Waals surface area contributed by atoms with Crippen molar-refractivity contribution in [3.8, 4) is 0 Å². The molecule has 3 aromatic rings. The van der Waals surface area contributed by atoms with Crippen LogP contribution in [-0.2, 0) is 17.6 Å². The lowest BCUT2D eigenvalue weighted by atomic mass is 10.0. The standard InChI is InChI=1S/C19H18BrN3O2S/c1-2-11-9-13(20)10-15-17(11)23-19(26-15)22-16(24)8-7-12-5-3-4-6-14(12)18(21)25/h3-6,9-10H,2,7-8H2,1H3,(H2,21,25)(H,22,23,24). The molecule has 3 N–H and O–H groups in total. The summed E-state index contributed by atoms with van der Waals surface area (Å²) < 4.78 is 2.04. The molecule has 0 aliphatic heterocycles. The predicted molar refractivity (Wildman–Crippen MR) is 109 cm³/mol. The summed E-state index contributed by atoms with van der Waals surface area (Å²) in [5.41, 5.74) is 8.67. The fourth-order valence-electron chi connectivity index (χ4n) is 2.79. The minimum Gasteiger partial charge on any atom is -0.366 e. The average Bonchev–Trinajstić information content (AvgIpc) is 3.01. The molecule has 5 nitrogen and oxygen atoms in total. The Morgan fingerprint density at radius 3 is 2.73 bits per heavy atom. The first kappa shape index (κ1) is 18.5. The minimum atomic E-state index is -0.482. The number of nitrogens with zero attached hydrogens (tertiary/aromatic N) is 1. The molecule has 0 atom stereocenters. The third-order valence-electron chi connectivity index (χ3n) is 4.07. The van der Waals surface area contributed by atoms with Gasteiger partial charge in [-0.25, -0.2) is 4.98 Å². The molecule has 2 aromatic carbocycles. The van der Waals surface area contributed by atoms with Crippen molar-refractivity contribution in [1.29, 1.82) is 0 Å². The van der Waals surface area contributed by atoms with Crippen molar-refractivity contribution in [2.75, 3.05) is 5.32 Å². The summed E-state index contributed by atoms with van der Waals surface area (Å²) in [6.07, 6.45) is 1.57. The SMILES string of the molecule is CCc1cc(Br)cc2sc(NC(=O)CCc3ccccc3C(N)=O)nc12. The summed E-state index contributed by atoms with van der Waals surface area (Å²) >= 11 is 4.96. The highest BCUT2D eigenvalue weighted by Gasteiger charge is 2.13. The zero-order valence-corrected chi connectivity index (χ0v) is 16.6. The van der Waals surface area contributed by atoms with Crippen molar-refractivity contribution in [3.63, 3.8) is 0 Å². The van der Waals surface area contributed by atoms with Crippen LogP contribution in [0.5, 0.6) is 0 Å². The highest BCUT2D eigenvalue weighted by Crippen LogP contribution is 2.31. The van der Waals surface area contributed by atoms with Gasteiger partial charge in [-0.15, -0.1) is 0 Å². The Labute approximate surface area is 163 Å². The molecule has 0 spiro atoms. The number of anilines is 1. The highest BCUT2D eigenvalue weighted by molar-refractivity contribution is 9.10. The van der Waals surface area contributed by atoms with E-state index in [1.54, 1.807) is 12.1 Å². The summed E-state index contributed by atoms with van der Waals surface area (Å²) in [4.78, 5) is 28.3. The molecular weight excluding hydrogens is 414 g/mol. The first-order chi connectivity index (χ1) is 12.5. The summed E-state index contributed by atoms with van der Waals surface area (Å²) in [6.45, 7) is 2.08. The molecule has 0 unspecified atom stereocenters. The lowest BCUT2D eigenvalue weighted by molar-refractivity contribution is -0.116. The number of primary amides is 1. The van der Waals surface area contributed by atoms with E-state index in [0.717, 1.165) is 32.2 Å². The van der Waals surface area contributed by atoms with E-state index in [4.69, 9.17) is 5.73 Å². The Morgan fingerprint density at radius 1 is 1.23 bits per heavy atom. The maximum absolute atomic E-state index is 12.3. The van der Waals surface area contributed by atoms with Gasteiger partial charge in [-0.05, 0) is 42.2 Å². The number of nitrogens with one attached hydrogen (secondary N) is 1. The van der Waals surface area contributed by atoms with Gasteiger partial charge in [0, 0.05) is 16.5 Å². The molecule has 26 heavy (non-hydrogen) atoms. The van der Waals surface area contributed by atoms with Crippen LogP contribution < -0.4 is 11.1 Å². The van der Waals surface area contributed by atoms with Gasteiger partial charge in [0.05, 0.1) is 10.2 Å². The molecule has 0 bridgehead atoms. The Bertz CT molecular complexity index is 984. The Morgan fingerprint density at radius 2 is 2.00 bits per heavy atom. The molecule has 2 amide bonds. The molecule has 0 saturated heterocycles. The Hall–Kier alpha value is -2.25. The quantitative estimate of drug-likeness (QED) is 0.610. The number of carbonyl (C=O) groups is 2. The van der Waals surface area contributed by atoms with E-state index in [1.807, 2.05) is 18.2 Å². The number of carbonyl (C=O) groups excluding carboxylic acids is 2. The molecule has 0 aliphatic carbocycles. The average molecular weight is 432 g/mol. The number of nitrogens with two attached hydrogens (primary N) is 1. The Kier molecular flexibility index (Phi) is 5.68. The van der Waals surface area contributed by atoms with Crippen LogP contribution >= 0.6 is 27.3 Å². The van der Waals surface area contributed by atoms with E-state index < -0.39 is 5.91 Å². The van der Waals surface area contributed by atoms with Gasteiger partial charge in [-0.3, -0.25) is 9.59 Å². The largest absolute Gasteiger partial charge is 0.366 e.